The number of hydrogen-bond donors (Lipinski definition) is 3. The maximum absolute atomic E-state index is 9.83. The van der Waals surface area contributed by atoms with Crippen LogP contribution < -0.4 is 19.6 Å². The number of aliphatic hydroxyl groups is 3. The maximum Gasteiger partial charge on any atom is 0.364 e. The van der Waals surface area contributed by atoms with E-state index in [2.05, 4.69) is 311 Å². The Morgan fingerprint density at radius 2 is 0.436 bits per heavy atom. The molecule has 3 N–H and O–H groups in total. The van der Waals surface area contributed by atoms with Crippen LogP contribution in [0.1, 0.15) is 47.9 Å². The fraction of sp³-hybridized carbons (Fsp3) is 0.200. The van der Waals surface area contributed by atoms with Gasteiger partial charge in [0.2, 0.25) is 8.32 Å². The number of aliphatic hydroxyl groups excluding tert-OH is 3. The normalized spacial score (nSPS) is 11.7. The van der Waals surface area contributed by atoms with Crippen molar-refractivity contribution in [2.24, 2.45) is 0 Å². The van der Waals surface area contributed by atoms with E-state index in [1.54, 1.807) is 21.3 Å². The molecule has 0 heterocycles. The van der Waals surface area contributed by atoms with E-state index in [0.29, 0.717) is 18.1 Å². The van der Waals surface area contributed by atoms with Gasteiger partial charge in [0.25, 0.3) is 0 Å². The second-order valence-electron chi connectivity index (χ2n) is 27.4. The molecular formula is C90H94Cl6N4O6Si4. The van der Waals surface area contributed by atoms with Crippen LogP contribution in [0.3, 0.4) is 0 Å². The first kappa shape index (κ1) is 83.2. The summed E-state index contributed by atoms with van der Waals surface area (Å²) in [5.74, 6) is 0. The largest absolute Gasteiger partial charge is 0.415 e. The Labute approximate surface area is 681 Å². The van der Waals surface area contributed by atoms with Gasteiger partial charge >= 0.3 is 20.6 Å². The Balaban J connectivity index is 0.000000219. The van der Waals surface area contributed by atoms with E-state index in [4.69, 9.17) is 79.8 Å². The molecule has 12 aromatic rings. The van der Waals surface area contributed by atoms with Crippen molar-refractivity contribution in [3.05, 3.63) is 338 Å². The second-order valence-corrected chi connectivity index (χ2v) is 53.3. The van der Waals surface area contributed by atoms with E-state index in [-0.39, 0.29) is 18.7 Å². The molecule has 0 amide bonds. The molecule has 0 saturated carbocycles. The molecule has 20 heteroatoms. The highest BCUT2D eigenvalue weighted by Crippen LogP contribution is 2.42. The van der Waals surface area contributed by atoms with E-state index in [1.165, 1.54) is 22.3 Å². The lowest BCUT2D eigenvalue weighted by atomic mass is 10.0. The van der Waals surface area contributed by atoms with Gasteiger partial charge in [-0.3, -0.25) is 0 Å². The van der Waals surface area contributed by atoms with E-state index in [1.807, 2.05) is 24.3 Å². The number of para-hydroxylation sites is 4. The molecule has 0 unspecified atom stereocenters. The van der Waals surface area contributed by atoms with Gasteiger partial charge in [-0.1, -0.05) is 170 Å². The Bertz CT molecular complexity index is 4380. The first-order chi connectivity index (χ1) is 53.4. The van der Waals surface area contributed by atoms with Gasteiger partial charge in [0.1, 0.15) is 0 Å². The highest BCUT2D eigenvalue weighted by Gasteiger charge is 2.35. The number of nitrogens with zero attached hydrogens (tertiary/aromatic N) is 4. The predicted molar refractivity (Wildman–Crippen MR) is 475 cm³/mol. The van der Waals surface area contributed by atoms with Gasteiger partial charge in [0.05, 0.1) is 18.7 Å². The van der Waals surface area contributed by atoms with Crippen LogP contribution >= 0.6 is 66.5 Å². The van der Waals surface area contributed by atoms with Crippen LogP contribution in [-0.2, 0) is 39.0 Å². The fourth-order valence-corrected chi connectivity index (χ4v) is 20.6. The fourth-order valence-electron chi connectivity index (χ4n) is 13.7. The minimum atomic E-state index is -2.61. The van der Waals surface area contributed by atoms with Crippen LogP contribution in [0.15, 0.2) is 315 Å². The maximum atomic E-state index is 9.83. The Kier molecular flexibility index (Phi) is 30.7. The number of aryl methyl sites for hydroxylation is 4. The Hall–Kier alpha value is -7.79. The second kappa shape index (κ2) is 40.6. The minimum absolute atomic E-state index is 0.0437. The summed E-state index contributed by atoms with van der Waals surface area (Å²) in [6.45, 7) is 0. The molecule has 0 saturated heterocycles. The Morgan fingerprint density at radius 3 is 0.627 bits per heavy atom. The average Bonchev–Trinajstić information content (AvgIpc) is 0.807. The lowest BCUT2D eigenvalue weighted by Gasteiger charge is -2.26. The third kappa shape index (κ3) is 23.2. The molecule has 0 aliphatic carbocycles. The zero-order valence-corrected chi connectivity index (χ0v) is 70.8. The molecule has 568 valence electrons. The van der Waals surface area contributed by atoms with Gasteiger partial charge < -0.3 is 48.2 Å². The first-order valence-corrected chi connectivity index (χ1v) is 52.5. The van der Waals surface area contributed by atoms with Crippen molar-refractivity contribution in [3.63, 3.8) is 0 Å². The minimum Gasteiger partial charge on any atom is -0.415 e. The SMILES string of the molecule is CO[Si](CO)(CO)CCCc1ccc(N(c2ccccc2)c2ccc(-c3ccc(N(c4ccccc4)c4ccc(CCC[Si](CO)(OC)OC)cc4)cc3)cc2)cc1.Cl[Si](Cl)(Cl)CCCc1ccc(N(c2ccccc2)c2ccc(-c3ccc(N(c4ccccc4)c4ccc(CCC[Si](Cl)(Cl)Cl)cc4)cc3)cc2)cc1. The average molecular weight is 1650 g/mol. The summed E-state index contributed by atoms with van der Waals surface area (Å²) in [4.78, 5) is 9.09. The van der Waals surface area contributed by atoms with Gasteiger partial charge in [-0.25, -0.2) is 0 Å². The van der Waals surface area contributed by atoms with Gasteiger partial charge in [-0.15, -0.1) is 66.5 Å². The lowest BCUT2D eigenvalue weighted by molar-refractivity contribution is 0.196. The van der Waals surface area contributed by atoms with Crippen LogP contribution in [0.2, 0.25) is 24.2 Å². The summed E-state index contributed by atoms with van der Waals surface area (Å²) in [6, 6.07) is 109. The van der Waals surface area contributed by atoms with Crippen molar-refractivity contribution in [2.45, 2.75) is 75.5 Å². The molecule has 12 rings (SSSR count). The number of rotatable bonds is 36. The molecule has 0 fully saturated rings. The van der Waals surface area contributed by atoms with E-state index in [9.17, 15) is 15.3 Å². The zero-order valence-electron chi connectivity index (χ0n) is 62.3. The summed E-state index contributed by atoms with van der Waals surface area (Å²) < 4.78 is 16.7. The molecule has 110 heavy (non-hydrogen) atoms. The topological polar surface area (TPSA) is 101 Å². The van der Waals surface area contributed by atoms with Crippen molar-refractivity contribution < 1.29 is 28.6 Å². The highest BCUT2D eigenvalue weighted by atomic mass is 35.8. The Morgan fingerprint density at radius 1 is 0.236 bits per heavy atom. The molecule has 12 aromatic carbocycles. The van der Waals surface area contributed by atoms with Crippen molar-refractivity contribution in [2.75, 3.05) is 59.6 Å². The molecule has 0 spiro atoms. The van der Waals surface area contributed by atoms with Crippen molar-refractivity contribution >= 4 is 164 Å². The van der Waals surface area contributed by atoms with Crippen LogP contribution in [-0.4, -0.2) is 84.2 Å². The van der Waals surface area contributed by atoms with Crippen molar-refractivity contribution in [1.29, 1.82) is 0 Å². The van der Waals surface area contributed by atoms with Crippen molar-refractivity contribution in [3.8, 4) is 22.3 Å². The first-order valence-electron chi connectivity index (χ1n) is 37.2. The molecule has 0 atom stereocenters. The van der Waals surface area contributed by atoms with Crippen LogP contribution in [0.5, 0.6) is 0 Å². The molecular weight excluding hydrogens is 1560 g/mol. The molecule has 0 bridgehead atoms. The van der Waals surface area contributed by atoms with E-state index < -0.39 is 28.9 Å². The number of anilines is 12. The van der Waals surface area contributed by atoms with E-state index >= 15 is 0 Å². The summed E-state index contributed by atoms with van der Waals surface area (Å²) in [7, 11) is -0.159. The quantitative estimate of drug-likeness (QED) is 0.0260. The third-order valence-electron chi connectivity index (χ3n) is 20.0. The molecule has 10 nitrogen and oxygen atoms in total. The standard InChI is InChI=1S/C48H56N2O6Si2.C42H38Cl6N2Si2/c1-54-57(36-51,37-52)34-10-12-39-18-26-45(27-19-39)49(43-14-6-4-7-15-43)47-30-22-41(23-31-47)42-24-32-48(33-25-42)50(44-16-8-5-9-17-44)46-28-20-40(21-29-46)13-11-35-58(38-53,55-2)56-3;43-51(44,45)31-7-9-33-15-23-39(24-16-33)49(37-11-3-1-4-12-37)41-27-19-35(20-28-41)36-21-29-42(30-22-36)50(38-13-5-2-6-14-38)40-25-17-34(18-26-40)10-8-32-52(46,47)48/h4-9,14-33,51-53H,10-13,34-38H2,1-3H3;1-6,11-30H,7-10,31-32H2. The number of halogens is 6. The van der Waals surface area contributed by atoms with Crippen LogP contribution in [0, 0.1) is 0 Å². The zero-order chi connectivity index (χ0) is 77.4. The molecule has 0 aliphatic heterocycles. The third-order valence-corrected chi connectivity index (χ3v) is 31.6. The van der Waals surface area contributed by atoms with Gasteiger partial charge in [-0.05, 0) is 266 Å². The molecule has 0 radical (unpaired) electrons. The monoisotopic (exact) mass is 1650 g/mol. The van der Waals surface area contributed by atoms with Crippen LogP contribution in [0.4, 0.5) is 68.2 Å². The van der Waals surface area contributed by atoms with Gasteiger partial charge in [-0.2, -0.15) is 0 Å². The summed E-state index contributed by atoms with van der Waals surface area (Å²) in [6.07, 6.45) is 6.80. The summed E-state index contributed by atoms with van der Waals surface area (Å²) >= 11 is 36.6. The summed E-state index contributed by atoms with van der Waals surface area (Å²) in [5.41, 5.74) is 22.4. The number of hydrogen-bond acceptors (Lipinski definition) is 10. The van der Waals surface area contributed by atoms with Crippen LogP contribution in [0.25, 0.3) is 22.3 Å². The number of benzene rings is 12. The summed E-state index contributed by atoms with van der Waals surface area (Å²) in [5, 5.41) is 29.4. The smallest absolute Gasteiger partial charge is 0.364 e. The predicted octanol–water partition coefficient (Wildman–Crippen LogP) is 25.5. The lowest BCUT2D eigenvalue weighted by Crippen LogP contribution is -2.46. The highest BCUT2D eigenvalue weighted by molar-refractivity contribution is 7.65. The molecule has 0 aliphatic rings. The van der Waals surface area contributed by atoms with E-state index in [0.717, 1.165) is 148 Å². The molecule has 0 aromatic heterocycles. The van der Waals surface area contributed by atoms with Crippen molar-refractivity contribution in [1.82, 2.24) is 0 Å². The van der Waals surface area contributed by atoms with Gasteiger partial charge in [0, 0.05) is 89.6 Å². The van der Waals surface area contributed by atoms with Gasteiger partial charge in [0.15, 0.2) is 0 Å².